The third kappa shape index (κ3) is 9.08. The summed E-state index contributed by atoms with van der Waals surface area (Å²) in [5.41, 5.74) is 5.62. The predicted octanol–water partition coefficient (Wildman–Crippen LogP) is 4.01. The summed E-state index contributed by atoms with van der Waals surface area (Å²) in [5.74, 6) is -2.89. The van der Waals surface area contributed by atoms with Crippen molar-refractivity contribution in [1.82, 2.24) is 0 Å². The number of rotatable bonds is 12. The number of aliphatic carboxylic acids is 1. The van der Waals surface area contributed by atoms with Gasteiger partial charge in [0.05, 0.1) is 24.7 Å². The minimum Gasteiger partial charge on any atom is -0.480 e. The van der Waals surface area contributed by atoms with Gasteiger partial charge in [-0.2, -0.15) is 0 Å². The average Bonchev–Trinajstić information content (AvgIpc) is 2.78. The van der Waals surface area contributed by atoms with Crippen molar-refractivity contribution in [2.45, 2.75) is 72.4 Å². The molecule has 0 saturated carbocycles. The largest absolute Gasteiger partial charge is 0.513 e. The van der Waals surface area contributed by atoms with E-state index in [0.717, 1.165) is 0 Å². The molecule has 0 amide bonds. The van der Waals surface area contributed by atoms with Crippen LogP contribution in [0, 0.1) is 5.41 Å². The van der Waals surface area contributed by atoms with Crippen LogP contribution >= 0.6 is 0 Å². The minimum atomic E-state index is -1.37. The molecule has 0 aliphatic heterocycles. The lowest BCUT2D eigenvalue weighted by Gasteiger charge is -2.28. The van der Waals surface area contributed by atoms with Gasteiger partial charge in [-0.25, -0.2) is 9.59 Å². The first-order valence-electron chi connectivity index (χ1n) is 11.4. The molecule has 0 aromatic heterocycles. The van der Waals surface area contributed by atoms with E-state index in [1.54, 1.807) is 34.6 Å². The lowest BCUT2D eigenvalue weighted by molar-refractivity contribution is -0.159. The maximum Gasteiger partial charge on any atom is 0.513 e. The zero-order valence-electron chi connectivity index (χ0n) is 21.0. The van der Waals surface area contributed by atoms with Gasteiger partial charge in [-0.1, -0.05) is 13.0 Å². The van der Waals surface area contributed by atoms with E-state index < -0.39 is 47.7 Å². The molecule has 0 heterocycles. The Morgan fingerprint density at radius 2 is 1.51 bits per heavy atom. The lowest BCUT2D eigenvalue weighted by Crippen LogP contribution is -2.39. The maximum atomic E-state index is 12.5. The van der Waals surface area contributed by atoms with Crippen molar-refractivity contribution in [1.29, 1.82) is 0 Å². The quantitative estimate of drug-likeness (QED) is 0.244. The van der Waals surface area contributed by atoms with E-state index in [2.05, 4.69) is 0 Å². The normalized spacial score (nSPS) is 13.7. The summed E-state index contributed by atoms with van der Waals surface area (Å²) in [6, 6.07) is 2.75. The van der Waals surface area contributed by atoms with Gasteiger partial charge in [-0.3, -0.25) is 9.59 Å². The van der Waals surface area contributed by atoms with Crippen LogP contribution in [0.1, 0.15) is 65.9 Å². The smallest absolute Gasteiger partial charge is 0.480 e. The molecule has 0 radical (unpaired) electrons. The number of nitrogens with two attached hydrogens (primary N) is 1. The number of hydrogen-bond donors (Lipinski definition) is 2. The van der Waals surface area contributed by atoms with E-state index in [0.29, 0.717) is 12.0 Å². The summed E-state index contributed by atoms with van der Waals surface area (Å²) in [7, 11) is 0. The Labute approximate surface area is 204 Å². The Balaban J connectivity index is 3.32. The van der Waals surface area contributed by atoms with Crippen LogP contribution in [0.15, 0.2) is 18.2 Å². The SMILES string of the molecule is CCOC(=O)Oc1ccc(C(CC(C)OC(=O)C(C)(C)CC)[C@H](N)C(=O)O)cc1OC(=O)OCC. The minimum absolute atomic E-state index is 0.0378. The Bertz CT molecular complexity index is 898. The second-order valence-corrected chi connectivity index (χ2v) is 8.44. The first-order chi connectivity index (χ1) is 16.4. The van der Waals surface area contributed by atoms with Crippen molar-refractivity contribution < 1.29 is 48.0 Å². The Hall–Kier alpha value is -3.34. The van der Waals surface area contributed by atoms with Crippen molar-refractivity contribution in [2.75, 3.05) is 13.2 Å². The second-order valence-electron chi connectivity index (χ2n) is 8.44. The van der Waals surface area contributed by atoms with Crippen molar-refractivity contribution in [3.63, 3.8) is 0 Å². The zero-order valence-corrected chi connectivity index (χ0v) is 21.0. The fraction of sp³-hybridized carbons (Fsp3) is 0.583. The summed E-state index contributed by atoms with van der Waals surface area (Å²) in [4.78, 5) is 47.9. The molecule has 35 heavy (non-hydrogen) atoms. The van der Waals surface area contributed by atoms with Crippen LogP contribution in [0.4, 0.5) is 9.59 Å². The molecule has 0 fully saturated rings. The van der Waals surface area contributed by atoms with Gasteiger partial charge in [-0.15, -0.1) is 0 Å². The number of carbonyl (C=O) groups is 4. The molecule has 0 spiro atoms. The van der Waals surface area contributed by atoms with Crippen LogP contribution in [0.2, 0.25) is 0 Å². The highest BCUT2D eigenvalue weighted by molar-refractivity contribution is 5.76. The van der Waals surface area contributed by atoms with Crippen LogP contribution in [-0.4, -0.2) is 54.7 Å². The predicted molar refractivity (Wildman–Crippen MR) is 124 cm³/mol. The number of hydrogen-bond acceptors (Lipinski definition) is 10. The molecule has 0 bridgehead atoms. The molecule has 196 valence electrons. The topological polar surface area (TPSA) is 161 Å². The summed E-state index contributed by atoms with van der Waals surface area (Å²) in [6.07, 6.45) is -2.12. The standard InChI is InChI=1S/C24H35NO10/c1-7-24(5,6)21(28)33-14(4)12-16(19(25)20(26)27)15-10-11-17(34-22(29)31-8-2)18(13-15)35-23(30)32-9-3/h10-11,13-14,16,19H,7-9,12,25H2,1-6H3,(H,26,27)/t14?,16?,19-/m0/s1. The average molecular weight is 498 g/mol. The summed E-state index contributed by atoms with van der Waals surface area (Å²) in [6.45, 7) is 10.3. The molecule has 3 atom stereocenters. The fourth-order valence-corrected chi connectivity index (χ4v) is 2.95. The maximum absolute atomic E-state index is 12.5. The molecule has 1 aromatic rings. The van der Waals surface area contributed by atoms with Crippen molar-refractivity contribution in [3.05, 3.63) is 23.8 Å². The first-order valence-corrected chi connectivity index (χ1v) is 11.4. The highest BCUT2D eigenvalue weighted by atomic mass is 16.7. The third-order valence-electron chi connectivity index (χ3n) is 5.36. The summed E-state index contributed by atoms with van der Waals surface area (Å²) in [5, 5.41) is 9.57. The molecule has 0 aliphatic rings. The Kier molecular flexibility index (Phi) is 11.5. The molecule has 11 heteroatoms. The van der Waals surface area contributed by atoms with Crippen molar-refractivity contribution in [2.24, 2.45) is 11.1 Å². The molecule has 0 aliphatic carbocycles. The van der Waals surface area contributed by atoms with E-state index >= 15 is 0 Å². The van der Waals surface area contributed by atoms with Gasteiger partial charge in [0.25, 0.3) is 0 Å². The first kappa shape index (κ1) is 29.7. The van der Waals surface area contributed by atoms with E-state index in [9.17, 15) is 24.3 Å². The van der Waals surface area contributed by atoms with Crippen LogP contribution in [0.5, 0.6) is 11.5 Å². The van der Waals surface area contributed by atoms with Crippen LogP contribution in [0.3, 0.4) is 0 Å². The third-order valence-corrected chi connectivity index (χ3v) is 5.36. The number of esters is 1. The summed E-state index contributed by atoms with van der Waals surface area (Å²) >= 11 is 0. The van der Waals surface area contributed by atoms with Gasteiger partial charge >= 0.3 is 24.2 Å². The molecule has 1 aromatic carbocycles. The number of benzene rings is 1. The monoisotopic (exact) mass is 497 g/mol. The van der Waals surface area contributed by atoms with E-state index in [-0.39, 0.29) is 31.1 Å². The van der Waals surface area contributed by atoms with Gasteiger partial charge in [-0.05, 0) is 65.2 Å². The van der Waals surface area contributed by atoms with Crippen LogP contribution in [0.25, 0.3) is 0 Å². The van der Waals surface area contributed by atoms with E-state index in [4.69, 9.17) is 29.4 Å². The number of ether oxygens (including phenoxy) is 5. The highest BCUT2D eigenvalue weighted by Crippen LogP contribution is 2.35. The van der Waals surface area contributed by atoms with Gasteiger partial charge in [0, 0.05) is 5.92 Å². The highest BCUT2D eigenvalue weighted by Gasteiger charge is 2.33. The van der Waals surface area contributed by atoms with Gasteiger partial charge < -0.3 is 34.5 Å². The zero-order chi connectivity index (χ0) is 26.8. The number of carboxylic acids is 1. The van der Waals surface area contributed by atoms with Gasteiger partial charge in [0.15, 0.2) is 11.5 Å². The molecular weight excluding hydrogens is 462 g/mol. The summed E-state index contributed by atoms with van der Waals surface area (Å²) < 4.78 is 25.3. The number of carboxylic acid groups (broad SMARTS) is 1. The van der Waals surface area contributed by atoms with Gasteiger partial charge in [0.1, 0.15) is 6.04 Å². The van der Waals surface area contributed by atoms with Crippen LogP contribution in [-0.2, 0) is 23.8 Å². The molecule has 3 N–H and O–H groups in total. The Morgan fingerprint density at radius 1 is 0.971 bits per heavy atom. The second kappa shape index (κ2) is 13.5. The molecule has 2 unspecified atom stereocenters. The van der Waals surface area contributed by atoms with Crippen LogP contribution < -0.4 is 15.2 Å². The van der Waals surface area contributed by atoms with Crippen molar-refractivity contribution in [3.8, 4) is 11.5 Å². The molecular formula is C24H35NO10. The van der Waals surface area contributed by atoms with Crippen molar-refractivity contribution >= 4 is 24.2 Å². The van der Waals surface area contributed by atoms with E-state index in [1.807, 2.05) is 6.92 Å². The molecule has 11 nitrogen and oxygen atoms in total. The fourth-order valence-electron chi connectivity index (χ4n) is 2.95. The van der Waals surface area contributed by atoms with E-state index in [1.165, 1.54) is 18.2 Å². The number of carbonyl (C=O) groups excluding carboxylic acids is 3. The van der Waals surface area contributed by atoms with Gasteiger partial charge in [0.2, 0.25) is 0 Å². The molecule has 0 saturated heterocycles. The Morgan fingerprint density at radius 3 is 2.00 bits per heavy atom. The molecule has 1 rings (SSSR count). The lowest BCUT2D eigenvalue weighted by atomic mass is 9.86.